The van der Waals surface area contributed by atoms with Crippen molar-refractivity contribution in [3.05, 3.63) is 69.7 Å². The van der Waals surface area contributed by atoms with E-state index in [1.165, 1.54) is 0 Å². The van der Waals surface area contributed by atoms with Gasteiger partial charge in [-0.1, -0.05) is 59.6 Å². The van der Waals surface area contributed by atoms with Gasteiger partial charge in [-0.15, -0.1) is 0 Å². The highest BCUT2D eigenvalue weighted by atomic mass is 35.5. The van der Waals surface area contributed by atoms with Gasteiger partial charge in [-0.2, -0.15) is 0 Å². The van der Waals surface area contributed by atoms with Crippen LogP contribution in [0, 0.1) is 0 Å². The quantitative estimate of drug-likeness (QED) is 0.615. The van der Waals surface area contributed by atoms with E-state index >= 15 is 0 Å². The minimum Gasteiger partial charge on any atom is -0.450 e. The number of hydrogen-bond acceptors (Lipinski definition) is 4. The topological polar surface area (TPSA) is 59.0 Å². The lowest BCUT2D eigenvalue weighted by atomic mass is 10.0. The first-order valence-electron chi connectivity index (χ1n) is 9.26. The van der Waals surface area contributed by atoms with Crippen LogP contribution in [0.1, 0.15) is 30.1 Å². The summed E-state index contributed by atoms with van der Waals surface area (Å²) in [5.41, 5.74) is 1.97. The van der Waals surface area contributed by atoms with Crippen molar-refractivity contribution in [3.63, 3.8) is 0 Å². The summed E-state index contributed by atoms with van der Waals surface area (Å²) >= 11 is 12.3. The summed E-state index contributed by atoms with van der Waals surface area (Å²) in [5, 5.41) is 9.81. The normalized spacial score (nSPS) is 18.6. The Bertz CT molecular complexity index is 787. The number of carbonyl (C=O) groups is 1. The van der Waals surface area contributed by atoms with Crippen molar-refractivity contribution < 1.29 is 19.4 Å². The molecule has 2 aromatic carbocycles. The highest BCUT2D eigenvalue weighted by Crippen LogP contribution is 2.31. The van der Waals surface area contributed by atoms with Crippen LogP contribution < -0.4 is 0 Å². The molecule has 1 aliphatic rings. The van der Waals surface area contributed by atoms with Gasteiger partial charge in [0.05, 0.1) is 16.7 Å². The van der Waals surface area contributed by atoms with Gasteiger partial charge < -0.3 is 14.6 Å². The maximum atomic E-state index is 10.8. The second-order valence-corrected chi connectivity index (χ2v) is 7.60. The van der Waals surface area contributed by atoms with Crippen molar-refractivity contribution >= 4 is 29.4 Å². The summed E-state index contributed by atoms with van der Waals surface area (Å²) in [6.45, 7) is 2.70. The number of hydrogen-bond donors (Lipinski definition) is 1. The molecule has 1 aliphatic heterocycles. The molecule has 3 rings (SSSR count). The fraction of sp³-hybridized carbons (Fsp3) is 0.381. The molecular weight excluding hydrogens is 401 g/mol. The monoisotopic (exact) mass is 423 g/mol. The third kappa shape index (κ3) is 5.85. The number of likely N-dealkylation sites (tertiary alicyclic amines) is 1. The van der Waals surface area contributed by atoms with E-state index in [2.05, 4.69) is 4.90 Å². The molecule has 0 radical (unpaired) electrons. The molecule has 0 amide bonds. The van der Waals surface area contributed by atoms with Crippen molar-refractivity contribution in [2.75, 3.05) is 26.2 Å². The Kier molecular flexibility index (Phi) is 7.57. The van der Waals surface area contributed by atoms with Gasteiger partial charge in [-0.3, -0.25) is 4.90 Å². The summed E-state index contributed by atoms with van der Waals surface area (Å²) in [5.74, 6) is 0. The summed E-state index contributed by atoms with van der Waals surface area (Å²) in [7, 11) is 0. The number of benzene rings is 2. The molecular formula is C21H23Cl2NO4. The molecule has 1 N–H and O–H groups in total. The molecule has 1 saturated heterocycles. The summed E-state index contributed by atoms with van der Waals surface area (Å²) in [6, 6.07) is 15.5. The largest absolute Gasteiger partial charge is 0.506 e. The average molecular weight is 424 g/mol. The Hall–Kier alpha value is -1.79. The Labute approximate surface area is 174 Å². The van der Waals surface area contributed by atoms with E-state index in [-0.39, 0.29) is 12.2 Å². The van der Waals surface area contributed by atoms with Gasteiger partial charge in [-0.25, -0.2) is 4.79 Å². The van der Waals surface area contributed by atoms with Crippen LogP contribution in [0.2, 0.25) is 10.0 Å². The maximum Gasteiger partial charge on any atom is 0.506 e. The molecule has 0 saturated carbocycles. The molecule has 28 heavy (non-hydrogen) atoms. The minimum atomic E-state index is -1.22. The number of rotatable bonds is 7. The van der Waals surface area contributed by atoms with Crippen molar-refractivity contribution in [2.45, 2.75) is 25.0 Å². The first kappa shape index (κ1) is 20.9. The lowest BCUT2D eigenvalue weighted by molar-refractivity contribution is 0.000382. The number of piperidine rings is 1. The van der Waals surface area contributed by atoms with Crippen LogP contribution in [-0.4, -0.2) is 48.5 Å². The number of halogens is 2. The van der Waals surface area contributed by atoms with Crippen LogP contribution in [0.4, 0.5) is 4.79 Å². The zero-order valence-corrected chi connectivity index (χ0v) is 16.9. The smallest absolute Gasteiger partial charge is 0.450 e. The third-order valence-corrected chi connectivity index (χ3v) is 5.51. The summed E-state index contributed by atoms with van der Waals surface area (Å²) < 4.78 is 11.1. The second-order valence-electron chi connectivity index (χ2n) is 6.78. The van der Waals surface area contributed by atoms with Crippen molar-refractivity contribution in [3.8, 4) is 0 Å². The van der Waals surface area contributed by atoms with E-state index in [0.29, 0.717) is 29.7 Å². The molecule has 0 spiro atoms. The lowest BCUT2D eigenvalue weighted by Gasteiger charge is -2.32. The van der Waals surface area contributed by atoms with Gasteiger partial charge in [0.25, 0.3) is 0 Å². The van der Waals surface area contributed by atoms with Crippen LogP contribution in [-0.2, 0) is 9.47 Å². The summed E-state index contributed by atoms with van der Waals surface area (Å²) in [6.07, 6.45) is -0.0724. The minimum absolute atomic E-state index is 0.258. The predicted octanol–water partition coefficient (Wildman–Crippen LogP) is 5.26. The maximum absolute atomic E-state index is 10.8. The van der Waals surface area contributed by atoms with Crippen LogP contribution in [0.5, 0.6) is 0 Å². The molecule has 2 unspecified atom stereocenters. The zero-order chi connectivity index (χ0) is 19.9. The van der Waals surface area contributed by atoms with E-state index in [1.54, 1.807) is 6.07 Å². The molecule has 1 fully saturated rings. The standard InChI is InChI=1S/C21H23Cl2NO4/c22-18-9-8-16(13-19(18)23)20(15-5-2-1-3-6-15)27-12-11-24-10-4-7-17(14-24)28-21(25)26/h1-3,5-6,8-9,13,17,20H,4,7,10-12,14H2,(H,25,26). The molecule has 5 nitrogen and oxygen atoms in total. The Morgan fingerprint density at radius 3 is 2.64 bits per heavy atom. The fourth-order valence-corrected chi connectivity index (χ4v) is 3.75. The molecule has 0 aromatic heterocycles. The van der Waals surface area contributed by atoms with E-state index in [0.717, 1.165) is 30.5 Å². The van der Waals surface area contributed by atoms with E-state index in [1.807, 2.05) is 42.5 Å². The van der Waals surface area contributed by atoms with Crippen molar-refractivity contribution in [1.29, 1.82) is 0 Å². The highest BCUT2D eigenvalue weighted by Gasteiger charge is 2.23. The summed E-state index contributed by atoms with van der Waals surface area (Å²) in [4.78, 5) is 12.9. The fourth-order valence-electron chi connectivity index (χ4n) is 3.44. The van der Waals surface area contributed by atoms with Crippen LogP contribution in [0.25, 0.3) is 0 Å². The van der Waals surface area contributed by atoms with Crippen molar-refractivity contribution in [2.24, 2.45) is 0 Å². The Morgan fingerprint density at radius 2 is 1.93 bits per heavy atom. The zero-order valence-electron chi connectivity index (χ0n) is 15.4. The number of ether oxygens (including phenoxy) is 2. The van der Waals surface area contributed by atoms with Gasteiger partial charge in [-0.05, 0) is 42.6 Å². The Morgan fingerprint density at radius 1 is 1.14 bits per heavy atom. The first-order valence-corrected chi connectivity index (χ1v) is 10.0. The lowest BCUT2D eigenvalue weighted by Crippen LogP contribution is -2.42. The van der Waals surface area contributed by atoms with Crippen LogP contribution in [0.3, 0.4) is 0 Å². The van der Waals surface area contributed by atoms with E-state index in [9.17, 15) is 4.79 Å². The molecule has 2 aromatic rings. The number of carboxylic acid groups (broad SMARTS) is 1. The molecule has 2 atom stereocenters. The van der Waals surface area contributed by atoms with E-state index in [4.69, 9.17) is 37.8 Å². The van der Waals surface area contributed by atoms with Gasteiger partial charge in [0.1, 0.15) is 12.2 Å². The molecule has 0 bridgehead atoms. The SMILES string of the molecule is O=C(O)OC1CCCN(CCOC(c2ccccc2)c2ccc(Cl)c(Cl)c2)C1. The van der Waals surface area contributed by atoms with Gasteiger partial charge >= 0.3 is 6.16 Å². The Balaban J connectivity index is 1.64. The van der Waals surface area contributed by atoms with Crippen molar-refractivity contribution in [1.82, 2.24) is 4.90 Å². The van der Waals surface area contributed by atoms with Gasteiger partial charge in [0, 0.05) is 13.1 Å². The van der Waals surface area contributed by atoms with E-state index < -0.39 is 6.16 Å². The van der Waals surface area contributed by atoms with Gasteiger partial charge in [0.15, 0.2) is 0 Å². The first-order chi connectivity index (χ1) is 13.5. The number of nitrogens with zero attached hydrogens (tertiary/aromatic N) is 1. The second kappa shape index (κ2) is 10.1. The highest BCUT2D eigenvalue weighted by molar-refractivity contribution is 6.42. The van der Waals surface area contributed by atoms with Crippen LogP contribution in [0.15, 0.2) is 48.5 Å². The van der Waals surface area contributed by atoms with Gasteiger partial charge in [0.2, 0.25) is 0 Å². The molecule has 1 heterocycles. The van der Waals surface area contributed by atoms with Crippen LogP contribution >= 0.6 is 23.2 Å². The predicted molar refractivity (Wildman–Crippen MR) is 109 cm³/mol. The molecule has 7 heteroatoms. The molecule has 150 valence electrons. The average Bonchev–Trinajstić information content (AvgIpc) is 2.68. The third-order valence-electron chi connectivity index (χ3n) is 4.77. The molecule has 0 aliphatic carbocycles.